The second-order valence-electron chi connectivity index (χ2n) is 7.83. The average molecular weight is 495 g/mol. The maximum absolute atomic E-state index is 13.5. The Morgan fingerprint density at radius 3 is 2.37 bits per heavy atom. The Balaban J connectivity index is 1.93. The van der Waals surface area contributed by atoms with Crippen LogP contribution in [0.25, 0.3) is 21.8 Å². The molecule has 0 aliphatic heterocycles. The molecule has 35 heavy (non-hydrogen) atoms. The van der Waals surface area contributed by atoms with Gasteiger partial charge in [0.1, 0.15) is 5.71 Å². The molecule has 0 radical (unpaired) electrons. The Morgan fingerprint density at radius 2 is 1.71 bits per heavy atom. The molecule has 7 nitrogen and oxygen atoms in total. The van der Waals surface area contributed by atoms with Crippen LogP contribution in [0, 0.1) is 0 Å². The molecule has 0 saturated heterocycles. The molecule has 2 aromatic carbocycles. The van der Waals surface area contributed by atoms with E-state index in [9.17, 15) is 9.59 Å². The van der Waals surface area contributed by atoms with Gasteiger partial charge in [0.15, 0.2) is 8.38 Å². The van der Waals surface area contributed by atoms with E-state index in [2.05, 4.69) is 41.9 Å². The highest BCUT2D eigenvalue weighted by Gasteiger charge is 2.21. The first-order valence-electron chi connectivity index (χ1n) is 11.5. The number of rotatable bonds is 14. The summed E-state index contributed by atoms with van der Waals surface area (Å²) in [6, 6.07) is 13.8. The highest BCUT2D eigenvalue weighted by atomic mass is 31.2. The van der Waals surface area contributed by atoms with Gasteiger partial charge in [0.05, 0.1) is 13.2 Å². The molecule has 0 atom stereocenters. The van der Waals surface area contributed by atoms with Crippen LogP contribution in [0.4, 0.5) is 0 Å². The zero-order chi connectivity index (χ0) is 25.2. The highest BCUT2D eigenvalue weighted by Crippen LogP contribution is 2.39. The summed E-state index contributed by atoms with van der Waals surface area (Å²) in [7, 11) is -1.30. The maximum Gasteiger partial charge on any atom is 0.331 e. The summed E-state index contributed by atoms with van der Waals surface area (Å²) in [4.78, 5) is 29.7. The summed E-state index contributed by atoms with van der Waals surface area (Å²) in [5, 5.41) is 5.96. The molecular formula is C27H31N2O5P. The number of oxime groups is 1. The van der Waals surface area contributed by atoms with Crippen LogP contribution in [0.2, 0.25) is 0 Å². The predicted molar refractivity (Wildman–Crippen MR) is 142 cm³/mol. The molecule has 0 saturated carbocycles. The fourth-order valence-electron chi connectivity index (χ4n) is 3.78. The van der Waals surface area contributed by atoms with Crippen molar-refractivity contribution in [1.29, 1.82) is 0 Å². The molecular weight excluding hydrogens is 463 g/mol. The van der Waals surface area contributed by atoms with Crippen molar-refractivity contribution in [2.24, 2.45) is 5.16 Å². The number of carbonyl (C=O) groups excluding carboxylic acids is 2. The van der Waals surface area contributed by atoms with Crippen molar-refractivity contribution in [3.8, 4) is 0 Å². The number of hydrogen-bond acceptors (Lipinski definition) is 6. The van der Waals surface area contributed by atoms with E-state index in [1.807, 2.05) is 24.3 Å². The monoisotopic (exact) mass is 494 g/mol. The zero-order valence-electron chi connectivity index (χ0n) is 20.2. The van der Waals surface area contributed by atoms with Gasteiger partial charge in [-0.05, 0) is 30.7 Å². The molecule has 0 N–H and O–H groups in total. The topological polar surface area (TPSA) is 79.1 Å². The molecule has 1 heterocycles. The fraction of sp³-hybridized carbons (Fsp3) is 0.296. The van der Waals surface area contributed by atoms with Crippen molar-refractivity contribution < 1.29 is 23.5 Å². The summed E-state index contributed by atoms with van der Waals surface area (Å²) in [6.45, 7) is 12.2. The van der Waals surface area contributed by atoms with E-state index in [1.165, 1.54) is 6.92 Å². The Bertz CT molecular complexity index is 1240. The van der Waals surface area contributed by atoms with Crippen molar-refractivity contribution in [2.75, 3.05) is 19.4 Å². The Hall–Kier alpha value is -3.12. The molecule has 0 aliphatic carbocycles. The number of benzene rings is 2. The largest absolute Gasteiger partial charge is 0.340 e. The molecule has 0 amide bonds. The minimum atomic E-state index is -1.30. The van der Waals surface area contributed by atoms with Crippen molar-refractivity contribution in [2.45, 2.75) is 33.2 Å². The summed E-state index contributed by atoms with van der Waals surface area (Å²) in [6.07, 6.45) is 4.90. The van der Waals surface area contributed by atoms with Gasteiger partial charge in [-0.1, -0.05) is 42.4 Å². The number of hydrogen-bond donors (Lipinski definition) is 0. The molecule has 8 heteroatoms. The lowest BCUT2D eigenvalue weighted by Crippen LogP contribution is -2.17. The van der Waals surface area contributed by atoms with Gasteiger partial charge in [-0.15, -0.1) is 13.2 Å². The third-order valence-electron chi connectivity index (χ3n) is 5.23. The molecule has 0 fully saturated rings. The van der Waals surface area contributed by atoms with Gasteiger partial charge in [0.2, 0.25) is 5.78 Å². The van der Waals surface area contributed by atoms with Gasteiger partial charge in [-0.3, -0.25) is 4.79 Å². The number of carbonyl (C=O) groups is 2. The molecule has 1 aromatic heterocycles. The van der Waals surface area contributed by atoms with E-state index in [-0.39, 0.29) is 17.9 Å². The average Bonchev–Trinajstić information content (AvgIpc) is 3.18. The normalized spacial score (nSPS) is 11.8. The molecule has 0 spiro atoms. The number of nitrogens with zero attached hydrogens (tertiary/aromatic N) is 2. The number of aryl methyl sites for hydroxylation is 1. The van der Waals surface area contributed by atoms with Crippen LogP contribution < -0.4 is 0 Å². The Labute approximate surface area is 206 Å². The van der Waals surface area contributed by atoms with E-state index in [0.717, 1.165) is 34.8 Å². The minimum Gasteiger partial charge on any atom is -0.340 e. The van der Waals surface area contributed by atoms with Gasteiger partial charge in [-0.2, -0.15) is 0 Å². The third-order valence-corrected chi connectivity index (χ3v) is 6.70. The summed E-state index contributed by atoms with van der Waals surface area (Å²) < 4.78 is 13.6. The number of para-hydroxylation sites is 1. The van der Waals surface area contributed by atoms with Crippen molar-refractivity contribution >= 4 is 47.6 Å². The highest BCUT2D eigenvalue weighted by molar-refractivity contribution is 7.47. The lowest BCUT2D eigenvalue weighted by molar-refractivity contribution is -0.140. The molecule has 0 aliphatic rings. The molecule has 0 bridgehead atoms. The lowest BCUT2D eigenvalue weighted by Gasteiger charge is -2.16. The van der Waals surface area contributed by atoms with Gasteiger partial charge in [0.25, 0.3) is 0 Å². The quantitative estimate of drug-likeness (QED) is 0.0646. The minimum absolute atomic E-state index is 0.133. The lowest BCUT2D eigenvalue weighted by atomic mass is 10.0. The van der Waals surface area contributed by atoms with Crippen molar-refractivity contribution in [3.05, 3.63) is 73.3 Å². The van der Waals surface area contributed by atoms with Crippen LogP contribution in [-0.4, -0.2) is 41.4 Å². The summed E-state index contributed by atoms with van der Waals surface area (Å²) >= 11 is 0. The first kappa shape index (κ1) is 26.5. The maximum atomic E-state index is 13.5. The number of ketones is 1. The van der Waals surface area contributed by atoms with Gasteiger partial charge < -0.3 is 18.5 Å². The molecule has 3 rings (SSSR count). The van der Waals surface area contributed by atoms with E-state index in [4.69, 9.17) is 13.9 Å². The zero-order valence-corrected chi connectivity index (χ0v) is 21.1. The van der Waals surface area contributed by atoms with E-state index in [1.54, 1.807) is 18.2 Å². The fourth-order valence-corrected chi connectivity index (χ4v) is 5.05. The Kier molecular flexibility index (Phi) is 9.91. The second-order valence-corrected chi connectivity index (χ2v) is 9.45. The summed E-state index contributed by atoms with van der Waals surface area (Å²) in [5.41, 5.74) is 2.81. The van der Waals surface area contributed by atoms with Crippen LogP contribution in [0.15, 0.2) is 72.9 Å². The molecule has 184 valence electrons. The summed E-state index contributed by atoms with van der Waals surface area (Å²) in [5.74, 6) is -0.899. The smallest absolute Gasteiger partial charge is 0.331 e. The first-order chi connectivity index (χ1) is 17.0. The van der Waals surface area contributed by atoms with E-state index in [0.29, 0.717) is 24.9 Å². The van der Waals surface area contributed by atoms with Gasteiger partial charge in [-0.25, -0.2) is 4.79 Å². The van der Waals surface area contributed by atoms with E-state index < -0.39 is 14.3 Å². The van der Waals surface area contributed by atoms with Crippen LogP contribution in [0.1, 0.15) is 37.0 Å². The second kappa shape index (κ2) is 13.1. The SMILES string of the molecule is C=CCOP(CC/C(=N/OC(C)=O)C(=O)c1ccc2c(c1)c1ccccc1n2CCC)OCC=C. The standard InChI is InChI=1S/C27H31N2O5P/c1-5-15-29-25-11-9-8-10-22(25)23-19-21(12-13-26(23)29)27(31)24(28-34-20(4)30)14-18-35(32-16-6-2)33-17-7-3/h6-13,19H,2-3,5,14-18H2,1,4H3/b28-24-. The number of Topliss-reactive ketones (excluding diaryl/α,β-unsaturated/α-hetero) is 1. The van der Waals surface area contributed by atoms with Crippen LogP contribution in [-0.2, 0) is 25.2 Å². The van der Waals surface area contributed by atoms with Gasteiger partial charge in [0, 0.05) is 53.4 Å². The number of aromatic nitrogens is 1. The van der Waals surface area contributed by atoms with E-state index >= 15 is 0 Å². The van der Waals surface area contributed by atoms with Crippen molar-refractivity contribution in [1.82, 2.24) is 4.57 Å². The Morgan fingerprint density at radius 1 is 1.03 bits per heavy atom. The van der Waals surface area contributed by atoms with Crippen LogP contribution in [0.5, 0.6) is 0 Å². The molecule has 3 aromatic rings. The molecule has 0 unspecified atom stereocenters. The third kappa shape index (κ3) is 6.73. The van der Waals surface area contributed by atoms with Gasteiger partial charge >= 0.3 is 5.97 Å². The number of fused-ring (bicyclic) bond motifs is 3. The van der Waals surface area contributed by atoms with Crippen LogP contribution >= 0.6 is 8.38 Å². The van der Waals surface area contributed by atoms with Crippen molar-refractivity contribution in [3.63, 3.8) is 0 Å². The predicted octanol–water partition coefficient (Wildman–Crippen LogP) is 6.41. The first-order valence-corrected chi connectivity index (χ1v) is 12.9. The van der Waals surface area contributed by atoms with Crippen LogP contribution in [0.3, 0.4) is 0 Å².